The summed E-state index contributed by atoms with van der Waals surface area (Å²) in [4.78, 5) is 38.9. The molecule has 0 aliphatic carbocycles. The van der Waals surface area contributed by atoms with Crippen molar-refractivity contribution in [3.63, 3.8) is 0 Å². The van der Waals surface area contributed by atoms with Crippen LogP contribution in [0.2, 0.25) is 0 Å². The van der Waals surface area contributed by atoms with Gasteiger partial charge in [-0.15, -0.1) is 0 Å². The van der Waals surface area contributed by atoms with Gasteiger partial charge in [0, 0.05) is 38.1 Å². The highest BCUT2D eigenvalue weighted by Gasteiger charge is 2.47. The first kappa shape index (κ1) is 29.0. The van der Waals surface area contributed by atoms with Crippen molar-refractivity contribution in [1.82, 2.24) is 15.2 Å². The molecule has 3 aliphatic rings. The van der Waals surface area contributed by atoms with Gasteiger partial charge in [0.05, 0.1) is 11.3 Å². The van der Waals surface area contributed by atoms with E-state index in [1.54, 1.807) is 0 Å². The Hall–Kier alpha value is -3.19. The summed E-state index contributed by atoms with van der Waals surface area (Å²) in [5.74, 6) is 2.39. The lowest BCUT2D eigenvalue weighted by molar-refractivity contribution is -0.123. The van der Waals surface area contributed by atoms with Crippen LogP contribution in [0.4, 0.5) is 5.82 Å². The van der Waals surface area contributed by atoms with Crippen LogP contribution in [-0.2, 0) is 14.4 Å². The number of anilines is 1. The number of nitrogens with one attached hydrogen (secondary N) is 1. The molecule has 4 atom stereocenters. The van der Waals surface area contributed by atoms with Crippen molar-refractivity contribution in [2.24, 2.45) is 11.8 Å². The molecule has 10 heteroatoms. The van der Waals surface area contributed by atoms with Crippen LogP contribution in [0.1, 0.15) is 62.3 Å². The lowest BCUT2D eigenvalue weighted by Crippen LogP contribution is -2.65. The highest BCUT2D eigenvalue weighted by atomic mass is 16.3. The van der Waals surface area contributed by atoms with E-state index in [4.69, 9.17) is 24.8 Å². The minimum Gasteiger partial charge on any atom is -0.483 e. The van der Waals surface area contributed by atoms with Crippen LogP contribution in [-0.4, -0.2) is 77.2 Å². The van der Waals surface area contributed by atoms with Crippen molar-refractivity contribution < 1.29 is 24.6 Å². The molecule has 3 saturated heterocycles. The number of aryl methyl sites for hydroxylation is 2. The van der Waals surface area contributed by atoms with Crippen molar-refractivity contribution >= 4 is 24.7 Å². The topological polar surface area (TPSA) is 147 Å². The number of carbonyl (C=O) groups is 3. The molecule has 10 nitrogen and oxygen atoms in total. The monoisotopic (exact) mass is 501 g/mol. The van der Waals surface area contributed by atoms with Gasteiger partial charge in [0.1, 0.15) is 11.9 Å². The maximum atomic E-state index is 12.2. The van der Waals surface area contributed by atoms with Crippen LogP contribution < -0.4 is 10.2 Å². The van der Waals surface area contributed by atoms with E-state index in [-0.39, 0.29) is 18.9 Å². The molecule has 0 saturated carbocycles. The van der Waals surface area contributed by atoms with Crippen molar-refractivity contribution in [2.45, 2.75) is 71.4 Å². The van der Waals surface area contributed by atoms with E-state index in [0.717, 1.165) is 43.1 Å². The Morgan fingerprint density at radius 3 is 2.50 bits per heavy atom. The molecule has 1 aromatic heterocycles. The molecule has 3 aliphatic heterocycles. The van der Waals surface area contributed by atoms with Crippen LogP contribution >= 0.6 is 0 Å². The van der Waals surface area contributed by atoms with Gasteiger partial charge in [-0.2, -0.15) is 5.26 Å². The van der Waals surface area contributed by atoms with Gasteiger partial charge in [-0.3, -0.25) is 19.3 Å². The molecule has 198 valence electrons. The third-order valence-corrected chi connectivity index (χ3v) is 7.43. The Bertz CT molecular complexity index is 905. The Kier molecular flexibility index (Phi) is 11.6. The molecule has 0 spiro atoms. The Labute approximate surface area is 213 Å². The summed E-state index contributed by atoms with van der Waals surface area (Å²) in [6, 6.07) is 5.40. The van der Waals surface area contributed by atoms with E-state index in [1.165, 1.54) is 32.2 Å². The average Bonchev–Trinajstić information content (AvgIpc) is 2.85. The van der Waals surface area contributed by atoms with Crippen LogP contribution in [0, 0.1) is 37.0 Å². The fraction of sp³-hybridized carbons (Fsp3) is 0.654. The fourth-order valence-electron chi connectivity index (χ4n) is 6.05. The molecule has 0 aromatic carbocycles. The normalized spacial score (nSPS) is 24.4. The number of rotatable bonds is 5. The summed E-state index contributed by atoms with van der Waals surface area (Å²) in [5, 5.41) is 26.4. The van der Waals surface area contributed by atoms with Gasteiger partial charge in [-0.25, -0.2) is 4.98 Å². The van der Waals surface area contributed by atoms with E-state index in [9.17, 15) is 10.1 Å². The number of pyridine rings is 1. The van der Waals surface area contributed by atoms with Crippen molar-refractivity contribution in [3.05, 3.63) is 22.9 Å². The quantitative estimate of drug-likeness (QED) is 0.518. The maximum absolute atomic E-state index is 12.2. The molecule has 36 heavy (non-hydrogen) atoms. The number of aromatic nitrogens is 1. The van der Waals surface area contributed by atoms with E-state index in [0.29, 0.717) is 35.9 Å². The second-order valence-electron chi connectivity index (χ2n) is 9.66. The largest absolute Gasteiger partial charge is 0.483 e. The van der Waals surface area contributed by atoms with Crippen molar-refractivity contribution in [3.8, 4) is 6.07 Å². The Balaban J connectivity index is 0.000000693. The smallest absolute Gasteiger partial charge is 0.290 e. The molecule has 0 unspecified atom stereocenters. The summed E-state index contributed by atoms with van der Waals surface area (Å²) in [5.41, 5.74) is 2.54. The minimum absolute atomic E-state index is 0.181. The molecule has 1 amide bonds. The number of carboxylic acid groups (broad SMARTS) is 2. The highest BCUT2D eigenvalue weighted by molar-refractivity contribution is 5.75. The molecule has 3 fully saturated rings. The molecule has 4 heterocycles. The van der Waals surface area contributed by atoms with Crippen molar-refractivity contribution in [1.29, 1.82) is 5.26 Å². The molecular weight excluding hydrogens is 462 g/mol. The summed E-state index contributed by atoms with van der Waals surface area (Å²) in [6.45, 7) is 9.46. The highest BCUT2D eigenvalue weighted by Crippen LogP contribution is 2.42. The zero-order valence-electron chi connectivity index (χ0n) is 21.5. The van der Waals surface area contributed by atoms with E-state index < -0.39 is 0 Å². The molecule has 3 N–H and O–H groups in total. The predicted octanol–water partition coefficient (Wildman–Crippen LogP) is 2.57. The number of fused-ring (bicyclic) bond motifs is 4. The number of nitrogens with zero attached hydrogens (tertiary/aromatic N) is 4. The number of amides is 1. The van der Waals surface area contributed by atoms with E-state index >= 15 is 0 Å². The third kappa shape index (κ3) is 7.17. The van der Waals surface area contributed by atoms with Gasteiger partial charge < -0.3 is 20.4 Å². The Morgan fingerprint density at radius 1 is 1.22 bits per heavy atom. The van der Waals surface area contributed by atoms with Gasteiger partial charge in [0.25, 0.3) is 12.9 Å². The fourth-order valence-corrected chi connectivity index (χ4v) is 6.05. The first-order valence-corrected chi connectivity index (χ1v) is 12.7. The summed E-state index contributed by atoms with van der Waals surface area (Å²) in [7, 11) is 0. The number of piperidine rings is 3. The molecular formula is C26H39N5O5. The Morgan fingerprint density at radius 2 is 1.89 bits per heavy atom. The zero-order valence-corrected chi connectivity index (χ0v) is 21.5. The van der Waals surface area contributed by atoms with E-state index in [1.807, 2.05) is 13.8 Å². The SMILES string of the molecule is CCCC(=O)NC[C@H]1[C@H]2C[C@H](CN(c3cc(C)c(C#N)c(C)n3)C2)[C@@H]2CCCCN21.O=CO.O=CO. The standard InChI is InChI=1S/C24H35N5O.2CH2O2/c1-4-7-24(30)26-13-22-19-11-18(21-8-5-6-9-29(21)22)14-28(15-19)23-10-16(2)20(12-25)17(3)27-23;2*2-1-3/h10,18-19,21-22H,4-9,11,13-15H2,1-3H3,(H,26,30);2*1H,(H,2,3)/t18-,19+,21+,22+;;/m1../s1. The van der Waals surface area contributed by atoms with Crippen LogP contribution in [0.3, 0.4) is 0 Å². The number of nitriles is 1. The zero-order chi connectivity index (χ0) is 26.7. The lowest BCUT2D eigenvalue weighted by Gasteiger charge is -2.57. The van der Waals surface area contributed by atoms with E-state index in [2.05, 4.69) is 34.2 Å². The maximum Gasteiger partial charge on any atom is 0.290 e. The van der Waals surface area contributed by atoms with Gasteiger partial charge in [-0.1, -0.05) is 13.3 Å². The van der Waals surface area contributed by atoms with Crippen LogP contribution in [0.5, 0.6) is 0 Å². The van der Waals surface area contributed by atoms with Crippen LogP contribution in [0.25, 0.3) is 0 Å². The van der Waals surface area contributed by atoms with Gasteiger partial charge in [0.15, 0.2) is 0 Å². The number of hydrogen-bond acceptors (Lipinski definition) is 7. The van der Waals surface area contributed by atoms with Crippen LogP contribution in [0.15, 0.2) is 6.07 Å². The second-order valence-corrected chi connectivity index (χ2v) is 9.66. The molecule has 1 aromatic rings. The summed E-state index contributed by atoms with van der Waals surface area (Å²) < 4.78 is 0. The summed E-state index contributed by atoms with van der Waals surface area (Å²) >= 11 is 0. The average molecular weight is 502 g/mol. The third-order valence-electron chi connectivity index (χ3n) is 7.43. The first-order valence-electron chi connectivity index (χ1n) is 12.7. The minimum atomic E-state index is -0.250. The number of carbonyl (C=O) groups excluding carboxylic acids is 1. The summed E-state index contributed by atoms with van der Waals surface area (Å²) in [6.07, 6.45) is 6.61. The first-order chi connectivity index (χ1) is 17.3. The number of hydrogen-bond donors (Lipinski definition) is 3. The van der Waals surface area contributed by atoms with Gasteiger partial charge in [0.2, 0.25) is 5.91 Å². The second kappa shape index (κ2) is 14.4. The predicted molar refractivity (Wildman–Crippen MR) is 136 cm³/mol. The van der Waals surface area contributed by atoms with Crippen molar-refractivity contribution in [2.75, 3.05) is 31.1 Å². The molecule has 0 radical (unpaired) electrons. The molecule has 4 rings (SSSR count). The van der Waals surface area contributed by atoms with Gasteiger partial charge in [-0.05, 0) is 69.5 Å². The van der Waals surface area contributed by atoms with Gasteiger partial charge >= 0.3 is 0 Å². The molecule has 2 bridgehead atoms. The lowest BCUT2D eigenvalue weighted by atomic mass is 9.72.